The number of piperidine rings is 1. The maximum absolute atomic E-state index is 14.7. The Kier molecular flexibility index (Phi) is 4.68. The number of likely N-dealkylation sites (tertiary alicyclic amines) is 2. The molecule has 4 heterocycles. The van der Waals surface area contributed by atoms with E-state index in [1.54, 1.807) is 0 Å². The average Bonchev–Trinajstić information content (AvgIpc) is 3.36. The number of alkyl halides is 2. The molecular formula is C18H23F2N5O3. The maximum Gasteiger partial charge on any atom is 0.290 e. The molecule has 152 valence electrons. The van der Waals surface area contributed by atoms with Crippen molar-refractivity contribution in [3.63, 3.8) is 0 Å². The zero-order chi connectivity index (χ0) is 20.1. The third-order valence-corrected chi connectivity index (χ3v) is 5.87. The van der Waals surface area contributed by atoms with Gasteiger partial charge in [0.25, 0.3) is 17.7 Å². The van der Waals surface area contributed by atoms with Crippen molar-refractivity contribution in [2.24, 2.45) is 0 Å². The van der Waals surface area contributed by atoms with Crippen LogP contribution in [0.25, 0.3) is 0 Å². The number of hydrogen-bond acceptors (Lipinski definition) is 5. The summed E-state index contributed by atoms with van der Waals surface area (Å²) in [4.78, 5) is 40.4. The molecule has 1 unspecified atom stereocenters. The number of carbonyl (C=O) groups is 3. The second-order valence-corrected chi connectivity index (χ2v) is 7.78. The molecule has 2 amide bonds. The maximum atomic E-state index is 14.7. The van der Waals surface area contributed by atoms with E-state index in [9.17, 15) is 23.2 Å². The number of fused-ring (bicyclic) bond motifs is 1. The highest BCUT2D eigenvalue weighted by molar-refractivity contribution is 6.35. The first kappa shape index (κ1) is 19.0. The number of nitrogens with zero attached hydrogens (tertiary/aromatic N) is 4. The van der Waals surface area contributed by atoms with Gasteiger partial charge in [-0.05, 0) is 32.4 Å². The summed E-state index contributed by atoms with van der Waals surface area (Å²) in [6.45, 7) is 2.39. The molecule has 0 radical (unpaired) electrons. The normalized spacial score (nSPS) is 24.5. The average molecular weight is 395 g/mol. The summed E-state index contributed by atoms with van der Waals surface area (Å²) >= 11 is 0. The van der Waals surface area contributed by atoms with Gasteiger partial charge in [-0.2, -0.15) is 5.10 Å². The van der Waals surface area contributed by atoms with Crippen LogP contribution in [0.3, 0.4) is 0 Å². The van der Waals surface area contributed by atoms with Crippen LogP contribution in [0.15, 0.2) is 0 Å². The molecular weight excluding hydrogens is 372 g/mol. The van der Waals surface area contributed by atoms with E-state index in [1.807, 2.05) is 4.90 Å². The van der Waals surface area contributed by atoms with Gasteiger partial charge in [-0.15, -0.1) is 0 Å². The van der Waals surface area contributed by atoms with Crippen LogP contribution in [-0.2, 0) is 22.7 Å². The van der Waals surface area contributed by atoms with Gasteiger partial charge in [-0.3, -0.25) is 24.4 Å². The second kappa shape index (κ2) is 6.91. The fraction of sp³-hybridized carbons (Fsp3) is 0.667. The van der Waals surface area contributed by atoms with Crippen molar-refractivity contribution < 1.29 is 23.2 Å². The van der Waals surface area contributed by atoms with Crippen molar-refractivity contribution in [2.45, 2.75) is 51.2 Å². The van der Waals surface area contributed by atoms with Gasteiger partial charge in [-0.1, -0.05) is 0 Å². The number of amides is 2. The predicted octanol–water partition coefficient (Wildman–Crippen LogP) is 0.786. The molecule has 3 aliphatic rings. The van der Waals surface area contributed by atoms with Crippen LogP contribution in [0.1, 0.15) is 47.9 Å². The summed E-state index contributed by atoms with van der Waals surface area (Å²) in [5.41, 5.74) is 1.13. The number of ketones is 1. The van der Waals surface area contributed by atoms with Gasteiger partial charge in [0.05, 0.1) is 31.4 Å². The van der Waals surface area contributed by atoms with E-state index in [4.69, 9.17) is 0 Å². The van der Waals surface area contributed by atoms with Crippen LogP contribution >= 0.6 is 0 Å². The van der Waals surface area contributed by atoms with Crippen molar-refractivity contribution in [3.05, 3.63) is 17.0 Å². The third-order valence-electron chi connectivity index (χ3n) is 5.87. The first-order valence-corrected chi connectivity index (χ1v) is 9.55. The lowest BCUT2D eigenvalue weighted by Crippen LogP contribution is -2.59. The van der Waals surface area contributed by atoms with Crippen molar-refractivity contribution in [2.75, 3.05) is 26.2 Å². The van der Waals surface area contributed by atoms with Crippen LogP contribution in [-0.4, -0.2) is 80.6 Å². The monoisotopic (exact) mass is 395 g/mol. The Balaban J connectivity index is 1.47. The zero-order valence-corrected chi connectivity index (χ0v) is 15.7. The minimum absolute atomic E-state index is 0.0595. The Morgan fingerprint density at radius 2 is 1.82 bits per heavy atom. The van der Waals surface area contributed by atoms with Gasteiger partial charge in [-0.25, -0.2) is 8.78 Å². The van der Waals surface area contributed by atoms with Crippen LogP contribution in [0.5, 0.6) is 0 Å². The molecule has 0 bridgehead atoms. The van der Waals surface area contributed by atoms with Gasteiger partial charge in [0.1, 0.15) is 0 Å². The Morgan fingerprint density at radius 1 is 1.11 bits per heavy atom. The smallest absolute Gasteiger partial charge is 0.290 e. The fourth-order valence-corrected chi connectivity index (χ4v) is 4.44. The lowest BCUT2D eigenvalue weighted by atomic mass is 9.98. The first-order chi connectivity index (χ1) is 13.3. The Labute approximate surface area is 160 Å². The summed E-state index contributed by atoms with van der Waals surface area (Å²) in [5, 5.41) is 6.71. The molecule has 1 aromatic heterocycles. The van der Waals surface area contributed by atoms with Gasteiger partial charge < -0.3 is 9.80 Å². The fourth-order valence-electron chi connectivity index (χ4n) is 4.44. The molecule has 2 fully saturated rings. The Hall–Kier alpha value is -2.36. The summed E-state index contributed by atoms with van der Waals surface area (Å²) in [5.74, 6) is -4.77. The van der Waals surface area contributed by atoms with Gasteiger partial charge >= 0.3 is 0 Å². The number of aromatic amines is 1. The highest BCUT2D eigenvalue weighted by Crippen LogP contribution is 2.34. The van der Waals surface area contributed by atoms with E-state index < -0.39 is 36.1 Å². The van der Waals surface area contributed by atoms with Crippen LogP contribution in [0.4, 0.5) is 8.78 Å². The lowest BCUT2D eigenvalue weighted by molar-refractivity contribution is -0.144. The number of carbonyl (C=O) groups excluding carboxylic acids is 3. The number of rotatable bonds is 3. The van der Waals surface area contributed by atoms with Crippen LogP contribution in [0, 0.1) is 0 Å². The zero-order valence-electron chi connectivity index (χ0n) is 15.7. The molecule has 3 aliphatic heterocycles. The molecule has 28 heavy (non-hydrogen) atoms. The molecule has 0 aromatic carbocycles. The van der Waals surface area contributed by atoms with Crippen molar-refractivity contribution in [1.82, 2.24) is 24.9 Å². The van der Waals surface area contributed by atoms with E-state index in [1.165, 1.54) is 11.8 Å². The molecule has 1 atom stereocenters. The minimum Gasteiger partial charge on any atom is -0.331 e. The van der Waals surface area contributed by atoms with E-state index in [-0.39, 0.29) is 31.7 Å². The Bertz CT molecular complexity index is 818. The number of halogens is 2. The van der Waals surface area contributed by atoms with Gasteiger partial charge in [0.15, 0.2) is 5.69 Å². The second-order valence-electron chi connectivity index (χ2n) is 7.78. The van der Waals surface area contributed by atoms with E-state index in [0.717, 1.165) is 17.7 Å². The van der Waals surface area contributed by atoms with E-state index >= 15 is 0 Å². The van der Waals surface area contributed by atoms with Crippen molar-refractivity contribution >= 4 is 17.6 Å². The molecule has 4 rings (SSSR count). The quantitative estimate of drug-likeness (QED) is 0.765. The highest BCUT2D eigenvalue weighted by Gasteiger charge is 2.49. The summed E-state index contributed by atoms with van der Waals surface area (Å²) in [7, 11) is 0. The summed E-state index contributed by atoms with van der Waals surface area (Å²) in [6, 6.07) is -0.826. The molecule has 1 N–H and O–H groups in total. The van der Waals surface area contributed by atoms with Crippen molar-refractivity contribution in [3.8, 4) is 0 Å². The van der Waals surface area contributed by atoms with E-state index in [2.05, 4.69) is 10.2 Å². The van der Waals surface area contributed by atoms with Crippen LogP contribution < -0.4 is 0 Å². The topological polar surface area (TPSA) is 89.6 Å². The van der Waals surface area contributed by atoms with Gasteiger partial charge in [0.2, 0.25) is 5.78 Å². The summed E-state index contributed by atoms with van der Waals surface area (Å²) < 4.78 is 29.5. The van der Waals surface area contributed by atoms with Crippen LogP contribution in [0.2, 0.25) is 0 Å². The number of H-pyrrole nitrogens is 1. The number of aromatic nitrogens is 2. The van der Waals surface area contributed by atoms with Crippen molar-refractivity contribution in [1.29, 1.82) is 0 Å². The predicted molar refractivity (Wildman–Crippen MR) is 93.6 cm³/mol. The molecule has 10 heteroatoms. The number of nitrogens with one attached hydrogen (secondary N) is 1. The molecule has 0 aliphatic carbocycles. The standard InChI is InChI=1S/C18H23F2N5O3/c1-11(26)16(27)25-8-12-13(9-25)21-22-15(12)17(28)24-7-4-14(18(19,20)10-24)23-5-2-3-6-23/h14H,2-10H2,1H3,(H,21,22). The Morgan fingerprint density at radius 3 is 2.46 bits per heavy atom. The highest BCUT2D eigenvalue weighted by atomic mass is 19.3. The van der Waals surface area contributed by atoms with Gasteiger partial charge in [0, 0.05) is 19.0 Å². The van der Waals surface area contributed by atoms with E-state index in [0.29, 0.717) is 24.3 Å². The summed E-state index contributed by atoms with van der Waals surface area (Å²) in [6.07, 6.45) is 2.09. The third kappa shape index (κ3) is 3.19. The lowest BCUT2D eigenvalue weighted by Gasteiger charge is -2.42. The molecule has 0 spiro atoms. The SMILES string of the molecule is CC(=O)C(=O)N1Cc2[nH]nc(C(=O)N3CCC(N4CCCC4)C(F)(F)C3)c2C1. The largest absolute Gasteiger partial charge is 0.331 e. The minimum atomic E-state index is -2.98. The molecule has 0 saturated carbocycles. The number of hydrogen-bond donors (Lipinski definition) is 1. The molecule has 1 aromatic rings. The first-order valence-electron chi connectivity index (χ1n) is 9.55. The molecule has 2 saturated heterocycles. The number of Topliss-reactive ketones (excluding diaryl/α,β-unsaturated/α-hetero) is 1. The molecule has 8 nitrogen and oxygen atoms in total.